The van der Waals surface area contributed by atoms with Crippen LogP contribution in [-0.2, 0) is 6.54 Å². The van der Waals surface area contributed by atoms with Gasteiger partial charge in [-0.15, -0.1) is 0 Å². The van der Waals surface area contributed by atoms with E-state index >= 15 is 0 Å². The Labute approximate surface area is 155 Å². The highest BCUT2D eigenvalue weighted by Crippen LogP contribution is 2.35. The van der Waals surface area contributed by atoms with Gasteiger partial charge >= 0.3 is 0 Å². The van der Waals surface area contributed by atoms with Gasteiger partial charge in [0.15, 0.2) is 5.75 Å². The number of fused-ring (bicyclic) bond motifs is 1. The van der Waals surface area contributed by atoms with Gasteiger partial charge in [0.2, 0.25) is 5.75 Å². The number of benzene rings is 1. The summed E-state index contributed by atoms with van der Waals surface area (Å²) in [6.07, 6.45) is 6.98. The van der Waals surface area contributed by atoms with Crippen LogP contribution in [0.3, 0.4) is 0 Å². The van der Waals surface area contributed by atoms with Gasteiger partial charge in [-0.3, -0.25) is 4.79 Å². The molecule has 1 heterocycles. The van der Waals surface area contributed by atoms with E-state index < -0.39 is 0 Å². The van der Waals surface area contributed by atoms with Crippen LogP contribution in [0.2, 0.25) is 0 Å². The van der Waals surface area contributed by atoms with Crippen LogP contribution < -0.4 is 20.8 Å². The van der Waals surface area contributed by atoms with Gasteiger partial charge in [-0.05, 0) is 37.6 Å². The highest BCUT2D eigenvalue weighted by molar-refractivity contribution is 5.90. The van der Waals surface area contributed by atoms with Crippen molar-refractivity contribution in [2.24, 2.45) is 0 Å². The standard InChI is InChI=1S/C21H30N2O3/c1-5-8-9-10-13-23-18-14-15(22)11-12-17(18)19(20(25-4)21(23)24)26-16(6-2)7-3/h6,11-12,14H,5,7-10,13,22H2,1-4H3. The first kappa shape index (κ1) is 19.9. The van der Waals surface area contributed by atoms with Crippen molar-refractivity contribution >= 4 is 16.6 Å². The molecule has 5 heteroatoms. The number of nitrogens with two attached hydrogens (primary N) is 1. The van der Waals surface area contributed by atoms with Crippen LogP contribution in [0.1, 0.15) is 52.9 Å². The SMILES string of the molecule is CC=C(CC)Oc1c(OC)c(=O)n(CCCCCC)c2cc(N)ccc12. The Morgan fingerprint density at radius 2 is 1.96 bits per heavy atom. The van der Waals surface area contributed by atoms with Crippen molar-refractivity contribution in [2.75, 3.05) is 12.8 Å². The average Bonchev–Trinajstić information content (AvgIpc) is 2.64. The molecule has 0 saturated heterocycles. The maximum absolute atomic E-state index is 13.1. The van der Waals surface area contributed by atoms with Crippen molar-refractivity contribution in [3.05, 3.63) is 40.4 Å². The molecule has 0 fully saturated rings. The van der Waals surface area contributed by atoms with E-state index in [-0.39, 0.29) is 11.3 Å². The summed E-state index contributed by atoms with van der Waals surface area (Å²) in [7, 11) is 1.51. The molecule has 0 amide bonds. The van der Waals surface area contributed by atoms with Crippen LogP contribution in [0.5, 0.6) is 11.5 Å². The van der Waals surface area contributed by atoms with Gasteiger partial charge in [0.1, 0.15) is 0 Å². The van der Waals surface area contributed by atoms with Crippen LogP contribution in [0.15, 0.2) is 34.8 Å². The highest BCUT2D eigenvalue weighted by Gasteiger charge is 2.20. The first-order valence-corrected chi connectivity index (χ1v) is 9.40. The minimum Gasteiger partial charge on any atom is -0.488 e. The topological polar surface area (TPSA) is 66.5 Å². The molecular weight excluding hydrogens is 328 g/mol. The predicted octanol–water partition coefficient (Wildman–Crippen LogP) is 4.87. The number of hydrogen-bond donors (Lipinski definition) is 1. The molecule has 26 heavy (non-hydrogen) atoms. The molecule has 0 unspecified atom stereocenters. The smallest absolute Gasteiger partial charge is 0.297 e. The first-order chi connectivity index (χ1) is 12.6. The molecule has 0 radical (unpaired) electrons. The van der Waals surface area contributed by atoms with E-state index in [2.05, 4.69) is 6.92 Å². The molecule has 2 N–H and O–H groups in total. The summed E-state index contributed by atoms with van der Waals surface area (Å²) in [6, 6.07) is 5.55. The predicted molar refractivity (Wildman–Crippen MR) is 108 cm³/mol. The summed E-state index contributed by atoms with van der Waals surface area (Å²) in [5.41, 5.74) is 7.23. The molecule has 2 aromatic rings. The Kier molecular flexibility index (Phi) is 7.13. The van der Waals surface area contributed by atoms with Gasteiger partial charge in [-0.2, -0.15) is 0 Å². The molecule has 5 nitrogen and oxygen atoms in total. The Hall–Kier alpha value is -2.43. The van der Waals surface area contributed by atoms with E-state index in [4.69, 9.17) is 15.2 Å². The summed E-state index contributed by atoms with van der Waals surface area (Å²) in [5, 5.41) is 0.832. The van der Waals surface area contributed by atoms with Crippen LogP contribution in [0.4, 0.5) is 5.69 Å². The zero-order valence-corrected chi connectivity index (χ0v) is 16.3. The van der Waals surface area contributed by atoms with E-state index in [1.54, 1.807) is 4.57 Å². The molecule has 0 saturated carbocycles. The molecule has 0 spiro atoms. The summed E-state index contributed by atoms with van der Waals surface area (Å²) < 4.78 is 13.3. The van der Waals surface area contributed by atoms with Crippen molar-refractivity contribution in [1.82, 2.24) is 4.57 Å². The summed E-state index contributed by atoms with van der Waals surface area (Å²) in [5.74, 6) is 1.50. The zero-order chi connectivity index (χ0) is 19.1. The average molecular weight is 358 g/mol. The first-order valence-electron chi connectivity index (χ1n) is 9.40. The molecule has 0 bridgehead atoms. The number of anilines is 1. The minimum atomic E-state index is -0.177. The summed E-state index contributed by atoms with van der Waals surface area (Å²) in [6.45, 7) is 6.74. The van der Waals surface area contributed by atoms with Crippen LogP contribution in [0, 0.1) is 0 Å². The highest BCUT2D eigenvalue weighted by atomic mass is 16.5. The van der Waals surface area contributed by atoms with E-state index in [0.29, 0.717) is 18.0 Å². The molecule has 0 aliphatic heterocycles. The lowest BCUT2D eigenvalue weighted by Gasteiger charge is -2.18. The molecule has 0 aliphatic rings. The fourth-order valence-corrected chi connectivity index (χ4v) is 3.08. The van der Waals surface area contributed by atoms with Crippen LogP contribution in [-0.4, -0.2) is 11.7 Å². The fraction of sp³-hybridized carbons (Fsp3) is 0.476. The van der Waals surface area contributed by atoms with Crippen molar-refractivity contribution < 1.29 is 9.47 Å². The molecule has 1 aromatic heterocycles. The Bertz CT molecular complexity index is 837. The number of hydrogen-bond acceptors (Lipinski definition) is 4. The molecule has 2 rings (SSSR count). The van der Waals surface area contributed by atoms with Gasteiger partial charge in [0, 0.05) is 24.0 Å². The van der Waals surface area contributed by atoms with E-state index in [0.717, 1.165) is 48.8 Å². The number of nitrogen functional groups attached to an aromatic ring is 1. The lowest BCUT2D eigenvalue weighted by atomic mass is 10.1. The van der Waals surface area contributed by atoms with Gasteiger partial charge in [-0.25, -0.2) is 0 Å². The van der Waals surface area contributed by atoms with E-state index in [9.17, 15) is 4.79 Å². The van der Waals surface area contributed by atoms with Crippen LogP contribution >= 0.6 is 0 Å². The second-order valence-corrected chi connectivity index (χ2v) is 6.37. The largest absolute Gasteiger partial charge is 0.488 e. The van der Waals surface area contributed by atoms with Gasteiger partial charge in [-0.1, -0.05) is 33.1 Å². The quantitative estimate of drug-likeness (QED) is 0.395. The second kappa shape index (κ2) is 9.32. The Balaban J connectivity index is 2.64. The third-order valence-corrected chi connectivity index (χ3v) is 4.55. The number of aryl methyl sites for hydroxylation is 1. The van der Waals surface area contributed by atoms with Crippen molar-refractivity contribution in [2.45, 2.75) is 59.4 Å². The normalized spacial score (nSPS) is 11.8. The summed E-state index contributed by atoms with van der Waals surface area (Å²) >= 11 is 0. The number of nitrogens with zero attached hydrogens (tertiary/aromatic N) is 1. The number of aromatic nitrogens is 1. The number of methoxy groups -OCH3 is 1. The lowest BCUT2D eigenvalue weighted by molar-refractivity contribution is 0.349. The maximum Gasteiger partial charge on any atom is 0.297 e. The van der Waals surface area contributed by atoms with Crippen molar-refractivity contribution in [3.63, 3.8) is 0 Å². The third-order valence-electron chi connectivity index (χ3n) is 4.55. The third kappa shape index (κ3) is 4.21. The molecule has 0 aliphatic carbocycles. The molecular formula is C21H30N2O3. The zero-order valence-electron chi connectivity index (χ0n) is 16.3. The number of pyridine rings is 1. The lowest BCUT2D eigenvalue weighted by Crippen LogP contribution is -2.23. The molecule has 0 atom stereocenters. The number of ether oxygens (including phenoxy) is 2. The Morgan fingerprint density at radius 1 is 1.19 bits per heavy atom. The number of allylic oxidation sites excluding steroid dienone is 2. The Morgan fingerprint density at radius 3 is 2.58 bits per heavy atom. The second-order valence-electron chi connectivity index (χ2n) is 6.37. The van der Waals surface area contributed by atoms with Crippen LogP contribution in [0.25, 0.3) is 10.9 Å². The number of rotatable bonds is 9. The van der Waals surface area contributed by atoms with Crippen molar-refractivity contribution in [3.8, 4) is 11.5 Å². The van der Waals surface area contributed by atoms with E-state index in [1.807, 2.05) is 38.1 Å². The minimum absolute atomic E-state index is 0.177. The molecule has 142 valence electrons. The fourth-order valence-electron chi connectivity index (χ4n) is 3.08. The maximum atomic E-state index is 13.1. The summed E-state index contributed by atoms with van der Waals surface area (Å²) in [4.78, 5) is 13.1. The monoisotopic (exact) mass is 358 g/mol. The van der Waals surface area contributed by atoms with Crippen molar-refractivity contribution in [1.29, 1.82) is 0 Å². The van der Waals surface area contributed by atoms with E-state index in [1.165, 1.54) is 7.11 Å². The molecule has 1 aromatic carbocycles. The van der Waals surface area contributed by atoms with Gasteiger partial charge < -0.3 is 19.8 Å². The number of unbranched alkanes of at least 4 members (excludes halogenated alkanes) is 3. The van der Waals surface area contributed by atoms with Gasteiger partial charge in [0.05, 0.1) is 18.4 Å². The van der Waals surface area contributed by atoms with Gasteiger partial charge in [0.25, 0.3) is 5.56 Å².